The Balaban J connectivity index is 0.00000242. The van der Waals surface area contributed by atoms with Crippen molar-refractivity contribution in [3.05, 3.63) is 53.6 Å². The lowest BCUT2D eigenvalue weighted by molar-refractivity contribution is -0.114. The molecule has 22 heavy (non-hydrogen) atoms. The molecule has 6 heteroatoms. The fourth-order valence-electron chi connectivity index (χ4n) is 1.79. The van der Waals surface area contributed by atoms with Gasteiger partial charge in [0.1, 0.15) is 5.75 Å². The Morgan fingerprint density at radius 2 is 1.86 bits per heavy atom. The van der Waals surface area contributed by atoms with Crippen LogP contribution in [0.1, 0.15) is 6.92 Å². The first-order valence-electron chi connectivity index (χ1n) is 6.70. The van der Waals surface area contributed by atoms with Crippen LogP contribution in [0.3, 0.4) is 0 Å². The molecule has 2 rings (SSSR count). The standard InChI is InChI=1S/C16H17ClN2O2.ClH/c1-2-21-15-9-8-13(10-14(15)17)19-16(20)11-18-12-6-4-3-5-7-12;/h3-10,18H,2,11H2,1H3,(H,19,20);1H. The second-order valence-corrected chi connectivity index (χ2v) is 4.75. The van der Waals surface area contributed by atoms with Gasteiger partial charge in [0, 0.05) is 11.4 Å². The fraction of sp³-hybridized carbons (Fsp3) is 0.188. The van der Waals surface area contributed by atoms with Crippen LogP contribution < -0.4 is 15.4 Å². The molecule has 1 amide bonds. The molecule has 0 atom stereocenters. The number of halogens is 2. The first kappa shape index (κ1) is 18.1. The van der Waals surface area contributed by atoms with Gasteiger partial charge < -0.3 is 15.4 Å². The molecule has 4 nitrogen and oxygen atoms in total. The van der Waals surface area contributed by atoms with Crippen molar-refractivity contribution in [1.29, 1.82) is 0 Å². The van der Waals surface area contributed by atoms with Gasteiger partial charge in [-0.1, -0.05) is 29.8 Å². The topological polar surface area (TPSA) is 50.4 Å². The van der Waals surface area contributed by atoms with Crippen molar-refractivity contribution in [2.24, 2.45) is 0 Å². The minimum Gasteiger partial charge on any atom is -0.492 e. The van der Waals surface area contributed by atoms with Crippen molar-refractivity contribution < 1.29 is 9.53 Å². The lowest BCUT2D eigenvalue weighted by atomic mass is 10.3. The summed E-state index contributed by atoms with van der Waals surface area (Å²) in [5, 5.41) is 6.30. The molecular formula is C16H18Cl2N2O2. The monoisotopic (exact) mass is 340 g/mol. The summed E-state index contributed by atoms with van der Waals surface area (Å²) in [6.45, 7) is 2.63. The minimum atomic E-state index is -0.140. The largest absolute Gasteiger partial charge is 0.492 e. The zero-order chi connectivity index (χ0) is 15.1. The third-order valence-electron chi connectivity index (χ3n) is 2.74. The van der Waals surface area contributed by atoms with E-state index in [1.54, 1.807) is 18.2 Å². The van der Waals surface area contributed by atoms with Gasteiger partial charge in [-0.2, -0.15) is 0 Å². The number of benzene rings is 2. The van der Waals surface area contributed by atoms with Crippen molar-refractivity contribution in [2.75, 3.05) is 23.8 Å². The zero-order valence-electron chi connectivity index (χ0n) is 12.1. The third-order valence-corrected chi connectivity index (χ3v) is 3.04. The van der Waals surface area contributed by atoms with Gasteiger partial charge in [-0.3, -0.25) is 4.79 Å². The molecule has 118 valence electrons. The van der Waals surface area contributed by atoms with Crippen LogP contribution in [0.4, 0.5) is 11.4 Å². The van der Waals surface area contributed by atoms with E-state index in [1.807, 2.05) is 37.3 Å². The summed E-state index contributed by atoms with van der Waals surface area (Å²) in [5.41, 5.74) is 1.54. The average molecular weight is 341 g/mol. The minimum absolute atomic E-state index is 0. The lowest BCUT2D eigenvalue weighted by Crippen LogP contribution is -2.21. The molecule has 0 fully saturated rings. The van der Waals surface area contributed by atoms with E-state index in [-0.39, 0.29) is 24.9 Å². The summed E-state index contributed by atoms with van der Waals surface area (Å²) in [6.07, 6.45) is 0. The summed E-state index contributed by atoms with van der Waals surface area (Å²) in [7, 11) is 0. The maximum Gasteiger partial charge on any atom is 0.243 e. The number of hydrogen-bond donors (Lipinski definition) is 2. The van der Waals surface area contributed by atoms with Crippen molar-refractivity contribution >= 4 is 41.3 Å². The molecular weight excluding hydrogens is 323 g/mol. The number of para-hydroxylation sites is 1. The number of ether oxygens (including phenoxy) is 1. The van der Waals surface area contributed by atoms with Gasteiger partial charge in [0.15, 0.2) is 0 Å². The summed E-state index contributed by atoms with van der Waals surface area (Å²) in [6, 6.07) is 14.7. The Morgan fingerprint density at radius 3 is 2.50 bits per heavy atom. The van der Waals surface area contributed by atoms with Crippen molar-refractivity contribution in [2.45, 2.75) is 6.92 Å². The van der Waals surface area contributed by atoms with Crippen LogP contribution in [0.2, 0.25) is 5.02 Å². The Morgan fingerprint density at radius 1 is 1.14 bits per heavy atom. The van der Waals surface area contributed by atoms with E-state index in [0.29, 0.717) is 23.1 Å². The van der Waals surface area contributed by atoms with Gasteiger partial charge in [-0.05, 0) is 37.3 Å². The quantitative estimate of drug-likeness (QED) is 0.827. The molecule has 0 saturated heterocycles. The maximum absolute atomic E-state index is 11.9. The third kappa shape index (κ3) is 5.47. The molecule has 0 saturated carbocycles. The smallest absolute Gasteiger partial charge is 0.243 e. The van der Waals surface area contributed by atoms with E-state index < -0.39 is 0 Å². The number of nitrogens with one attached hydrogen (secondary N) is 2. The van der Waals surface area contributed by atoms with Crippen molar-refractivity contribution in [3.63, 3.8) is 0 Å². The lowest BCUT2D eigenvalue weighted by Gasteiger charge is -2.10. The number of carbonyl (C=O) groups excluding carboxylic acids is 1. The van der Waals surface area contributed by atoms with Crippen LogP contribution in [0, 0.1) is 0 Å². The maximum atomic E-state index is 11.9. The summed E-state index contributed by atoms with van der Waals surface area (Å²) in [5.74, 6) is 0.471. The molecule has 0 unspecified atom stereocenters. The average Bonchev–Trinajstić information content (AvgIpc) is 2.49. The number of rotatable bonds is 6. The molecule has 0 aromatic heterocycles. The van der Waals surface area contributed by atoms with E-state index in [9.17, 15) is 4.79 Å². The Hall–Kier alpha value is -1.91. The highest BCUT2D eigenvalue weighted by Crippen LogP contribution is 2.27. The van der Waals surface area contributed by atoms with Gasteiger partial charge in [-0.25, -0.2) is 0 Å². The van der Waals surface area contributed by atoms with E-state index in [0.717, 1.165) is 5.69 Å². The Labute approximate surface area is 141 Å². The SMILES string of the molecule is CCOc1ccc(NC(=O)CNc2ccccc2)cc1Cl.Cl. The first-order valence-corrected chi connectivity index (χ1v) is 7.08. The van der Waals surface area contributed by atoms with Crippen LogP contribution >= 0.6 is 24.0 Å². The molecule has 0 aliphatic heterocycles. The zero-order valence-corrected chi connectivity index (χ0v) is 13.7. The summed E-state index contributed by atoms with van der Waals surface area (Å²) < 4.78 is 5.34. The van der Waals surface area contributed by atoms with Gasteiger partial charge in [0.05, 0.1) is 18.2 Å². The van der Waals surface area contributed by atoms with Crippen LogP contribution in [-0.2, 0) is 4.79 Å². The molecule has 0 bridgehead atoms. The van der Waals surface area contributed by atoms with Gasteiger partial charge >= 0.3 is 0 Å². The molecule has 0 aliphatic carbocycles. The van der Waals surface area contributed by atoms with E-state index in [4.69, 9.17) is 16.3 Å². The predicted molar refractivity (Wildman–Crippen MR) is 93.4 cm³/mol. The Bertz CT molecular complexity index is 606. The fourth-order valence-corrected chi connectivity index (χ4v) is 2.03. The highest BCUT2D eigenvalue weighted by atomic mass is 35.5. The molecule has 2 N–H and O–H groups in total. The van der Waals surface area contributed by atoms with Crippen molar-refractivity contribution in [1.82, 2.24) is 0 Å². The number of carbonyl (C=O) groups is 1. The number of amides is 1. The van der Waals surface area contributed by atoms with Gasteiger partial charge in [0.2, 0.25) is 5.91 Å². The van der Waals surface area contributed by atoms with Crippen molar-refractivity contribution in [3.8, 4) is 5.75 Å². The highest BCUT2D eigenvalue weighted by molar-refractivity contribution is 6.32. The van der Waals surface area contributed by atoms with E-state index >= 15 is 0 Å². The summed E-state index contributed by atoms with van der Waals surface area (Å²) in [4.78, 5) is 11.9. The molecule has 0 aliphatic rings. The van der Waals surface area contributed by atoms with E-state index in [2.05, 4.69) is 10.6 Å². The molecule has 0 radical (unpaired) electrons. The second kappa shape index (κ2) is 9.18. The first-order chi connectivity index (χ1) is 10.2. The molecule has 2 aromatic rings. The number of anilines is 2. The normalized spacial score (nSPS) is 9.55. The molecule has 0 heterocycles. The predicted octanol–water partition coefficient (Wildman–Crippen LogP) is 4.21. The van der Waals surface area contributed by atoms with Crippen LogP contribution in [0.15, 0.2) is 48.5 Å². The van der Waals surface area contributed by atoms with Gasteiger partial charge in [-0.15, -0.1) is 12.4 Å². The summed E-state index contributed by atoms with van der Waals surface area (Å²) >= 11 is 6.07. The van der Waals surface area contributed by atoms with Crippen LogP contribution in [0.5, 0.6) is 5.75 Å². The molecule has 0 spiro atoms. The van der Waals surface area contributed by atoms with Crippen LogP contribution in [0.25, 0.3) is 0 Å². The Kier molecular flexibility index (Phi) is 7.57. The van der Waals surface area contributed by atoms with Gasteiger partial charge in [0.25, 0.3) is 0 Å². The van der Waals surface area contributed by atoms with E-state index in [1.165, 1.54) is 0 Å². The molecule has 2 aromatic carbocycles. The highest BCUT2D eigenvalue weighted by Gasteiger charge is 2.06. The number of hydrogen-bond acceptors (Lipinski definition) is 3. The second-order valence-electron chi connectivity index (χ2n) is 4.35. The van der Waals surface area contributed by atoms with Crippen LogP contribution in [-0.4, -0.2) is 19.1 Å².